The Labute approximate surface area is 188 Å². The van der Waals surface area contributed by atoms with Gasteiger partial charge in [-0.05, 0) is 56.9 Å². The van der Waals surface area contributed by atoms with Gasteiger partial charge in [-0.15, -0.1) is 0 Å². The smallest absolute Gasteiger partial charge is 0.243 e. The molecule has 0 radical (unpaired) electrons. The fourth-order valence-corrected chi connectivity index (χ4v) is 6.08. The van der Waals surface area contributed by atoms with Crippen molar-refractivity contribution in [3.8, 4) is 0 Å². The molecule has 172 valence electrons. The summed E-state index contributed by atoms with van der Waals surface area (Å²) in [5, 5.41) is 2.88. The lowest BCUT2D eigenvalue weighted by Gasteiger charge is -2.34. The van der Waals surface area contributed by atoms with Crippen LogP contribution in [0.15, 0.2) is 52.0 Å². The lowest BCUT2D eigenvalue weighted by Crippen LogP contribution is -2.51. The molecule has 1 atom stereocenters. The molecule has 2 aromatic rings. The molecule has 1 N–H and O–H groups in total. The molecule has 1 aromatic carbocycles. The van der Waals surface area contributed by atoms with Crippen LogP contribution in [0.2, 0.25) is 0 Å². The first-order valence-corrected chi connectivity index (χ1v) is 12.5. The molecule has 2 aliphatic rings. The van der Waals surface area contributed by atoms with Crippen LogP contribution >= 0.6 is 0 Å². The Morgan fingerprint density at radius 1 is 1.06 bits per heavy atom. The van der Waals surface area contributed by atoms with E-state index in [0.717, 1.165) is 5.56 Å². The first-order valence-electron chi connectivity index (χ1n) is 11.0. The van der Waals surface area contributed by atoms with Gasteiger partial charge in [0.1, 0.15) is 11.8 Å². The molecule has 0 spiro atoms. The number of carbonyl (C=O) groups excluding carboxylic acids is 2. The second kappa shape index (κ2) is 9.46. The van der Waals surface area contributed by atoms with E-state index in [4.69, 9.17) is 4.42 Å². The number of amides is 2. The van der Waals surface area contributed by atoms with E-state index < -0.39 is 16.1 Å². The number of nitrogens with one attached hydrogen (secondary N) is 1. The first kappa shape index (κ1) is 22.5. The number of hydrogen-bond acceptors (Lipinski definition) is 5. The van der Waals surface area contributed by atoms with Gasteiger partial charge in [0.05, 0.1) is 17.7 Å². The number of likely N-dealkylation sites (tertiary alicyclic amines) is 1. The maximum absolute atomic E-state index is 13.2. The number of hydrogen-bond donors (Lipinski definition) is 1. The van der Waals surface area contributed by atoms with E-state index in [2.05, 4.69) is 5.32 Å². The summed E-state index contributed by atoms with van der Waals surface area (Å²) in [6, 6.07) is 9.62. The van der Waals surface area contributed by atoms with E-state index in [-0.39, 0.29) is 22.6 Å². The van der Waals surface area contributed by atoms with Gasteiger partial charge in [-0.3, -0.25) is 9.59 Å². The van der Waals surface area contributed by atoms with Crippen molar-refractivity contribution in [2.45, 2.75) is 50.1 Å². The highest BCUT2D eigenvalue weighted by molar-refractivity contribution is 7.89. The Hall–Kier alpha value is -2.65. The molecule has 9 heteroatoms. The fraction of sp³-hybridized carbons (Fsp3) is 0.478. The molecule has 0 saturated carbocycles. The average molecular weight is 460 g/mol. The zero-order chi connectivity index (χ0) is 22.7. The van der Waals surface area contributed by atoms with E-state index in [0.29, 0.717) is 57.6 Å². The molecular formula is C23H29N3O5S. The van der Waals surface area contributed by atoms with Crippen LogP contribution in [0.1, 0.15) is 37.0 Å². The Balaban J connectivity index is 1.35. The van der Waals surface area contributed by atoms with Crippen molar-refractivity contribution in [1.29, 1.82) is 0 Å². The van der Waals surface area contributed by atoms with Crippen molar-refractivity contribution in [1.82, 2.24) is 14.5 Å². The van der Waals surface area contributed by atoms with Gasteiger partial charge in [0.2, 0.25) is 21.8 Å². The second-order valence-electron chi connectivity index (χ2n) is 8.48. The maximum atomic E-state index is 13.2. The Bertz CT molecular complexity index is 1040. The van der Waals surface area contributed by atoms with Crippen LogP contribution in [-0.4, -0.2) is 55.1 Å². The zero-order valence-corrected chi connectivity index (χ0v) is 19.0. The van der Waals surface area contributed by atoms with E-state index in [1.807, 2.05) is 6.92 Å². The van der Waals surface area contributed by atoms with Gasteiger partial charge in [0.15, 0.2) is 0 Å². The third-order valence-corrected chi connectivity index (χ3v) is 8.23. The van der Waals surface area contributed by atoms with Gasteiger partial charge in [-0.1, -0.05) is 17.7 Å². The number of benzene rings is 1. The van der Waals surface area contributed by atoms with Crippen LogP contribution in [0.4, 0.5) is 0 Å². The molecule has 8 nitrogen and oxygen atoms in total. The van der Waals surface area contributed by atoms with Gasteiger partial charge in [0.25, 0.3) is 0 Å². The van der Waals surface area contributed by atoms with Crippen LogP contribution < -0.4 is 5.32 Å². The average Bonchev–Trinajstić information content (AvgIpc) is 3.50. The molecule has 2 saturated heterocycles. The van der Waals surface area contributed by atoms with E-state index in [1.165, 1.54) is 4.31 Å². The third-order valence-electron chi connectivity index (χ3n) is 6.31. The topological polar surface area (TPSA) is 99.9 Å². The van der Waals surface area contributed by atoms with E-state index >= 15 is 0 Å². The number of carbonyl (C=O) groups is 2. The molecule has 0 bridgehead atoms. The molecule has 3 heterocycles. The summed E-state index contributed by atoms with van der Waals surface area (Å²) in [6.45, 7) is 3.50. The minimum Gasteiger partial charge on any atom is -0.467 e. The van der Waals surface area contributed by atoms with Gasteiger partial charge in [-0.25, -0.2) is 8.42 Å². The van der Waals surface area contributed by atoms with Crippen molar-refractivity contribution >= 4 is 21.8 Å². The van der Waals surface area contributed by atoms with E-state index in [1.54, 1.807) is 47.6 Å². The zero-order valence-electron chi connectivity index (χ0n) is 18.2. The number of sulfonamides is 1. The van der Waals surface area contributed by atoms with Crippen LogP contribution in [0, 0.1) is 12.8 Å². The van der Waals surface area contributed by atoms with Crippen LogP contribution in [0.25, 0.3) is 0 Å². The third kappa shape index (κ3) is 4.73. The van der Waals surface area contributed by atoms with Gasteiger partial charge >= 0.3 is 0 Å². The van der Waals surface area contributed by atoms with Crippen molar-refractivity contribution in [3.05, 3.63) is 54.0 Å². The maximum Gasteiger partial charge on any atom is 0.243 e. The standard InChI is InChI=1S/C23H29N3O5S/c1-17-6-8-20(9-7-17)32(29,30)26-12-2-5-21(26)23(28)25-13-10-18(11-14-25)22(27)24-16-19-4-3-15-31-19/h3-4,6-9,15,18,21H,2,5,10-14,16H2,1H3,(H,24,27)/t21-/m0/s1. The summed E-state index contributed by atoms with van der Waals surface area (Å²) >= 11 is 0. The number of piperidine rings is 1. The number of nitrogens with zero attached hydrogens (tertiary/aromatic N) is 2. The lowest BCUT2D eigenvalue weighted by molar-refractivity contribution is -0.138. The van der Waals surface area contributed by atoms with Crippen molar-refractivity contribution in [2.75, 3.05) is 19.6 Å². The van der Waals surface area contributed by atoms with Gasteiger partial charge in [0, 0.05) is 25.6 Å². The highest BCUT2D eigenvalue weighted by atomic mass is 32.2. The molecular weight excluding hydrogens is 430 g/mol. The Morgan fingerprint density at radius 3 is 2.44 bits per heavy atom. The summed E-state index contributed by atoms with van der Waals surface area (Å²) < 4.78 is 32.9. The highest BCUT2D eigenvalue weighted by Gasteiger charge is 2.42. The summed E-state index contributed by atoms with van der Waals surface area (Å²) in [5.41, 5.74) is 0.981. The molecule has 2 aliphatic heterocycles. The summed E-state index contributed by atoms with van der Waals surface area (Å²) in [7, 11) is -3.73. The SMILES string of the molecule is Cc1ccc(S(=O)(=O)N2CCC[C@H]2C(=O)N2CCC(C(=O)NCc3ccco3)CC2)cc1. The normalized spacial score (nSPS) is 20.4. The van der Waals surface area contributed by atoms with Gasteiger partial charge < -0.3 is 14.6 Å². The quantitative estimate of drug-likeness (QED) is 0.715. The van der Waals surface area contributed by atoms with Crippen LogP contribution in [0.3, 0.4) is 0 Å². The number of rotatable bonds is 6. The molecule has 32 heavy (non-hydrogen) atoms. The first-order chi connectivity index (χ1) is 15.4. The molecule has 0 aliphatic carbocycles. The molecule has 1 aromatic heterocycles. The largest absolute Gasteiger partial charge is 0.467 e. The van der Waals surface area contributed by atoms with Crippen LogP contribution in [0.5, 0.6) is 0 Å². The molecule has 2 fully saturated rings. The number of furan rings is 1. The highest BCUT2D eigenvalue weighted by Crippen LogP contribution is 2.29. The summed E-state index contributed by atoms with van der Waals surface area (Å²) in [4.78, 5) is 27.6. The Morgan fingerprint density at radius 2 is 1.78 bits per heavy atom. The monoisotopic (exact) mass is 459 g/mol. The summed E-state index contributed by atoms with van der Waals surface area (Å²) in [6.07, 6.45) is 3.87. The minimum atomic E-state index is -3.73. The van der Waals surface area contributed by atoms with Crippen molar-refractivity contribution < 1.29 is 22.4 Å². The lowest BCUT2D eigenvalue weighted by atomic mass is 9.95. The molecule has 0 unspecified atom stereocenters. The molecule has 4 rings (SSSR count). The van der Waals surface area contributed by atoms with Crippen molar-refractivity contribution in [2.24, 2.45) is 5.92 Å². The predicted octanol–water partition coefficient (Wildman–Crippen LogP) is 2.30. The second-order valence-corrected chi connectivity index (χ2v) is 10.4. The van der Waals surface area contributed by atoms with E-state index in [9.17, 15) is 18.0 Å². The number of aryl methyl sites for hydroxylation is 1. The van der Waals surface area contributed by atoms with Crippen molar-refractivity contribution in [3.63, 3.8) is 0 Å². The predicted molar refractivity (Wildman–Crippen MR) is 118 cm³/mol. The molecule has 2 amide bonds. The Kier molecular flexibility index (Phi) is 6.66. The summed E-state index contributed by atoms with van der Waals surface area (Å²) in [5.74, 6) is 0.331. The minimum absolute atomic E-state index is 0.0436. The van der Waals surface area contributed by atoms with Crippen LogP contribution in [-0.2, 0) is 26.2 Å². The fourth-order valence-electron chi connectivity index (χ4n) is 4.42. The van der Waals surface area contributed by atoms with Gasteiger partial charge in [-0.2, -0.15) is 4.31 Å².